The molecule has 108 valence electrons. The first-order chi connectivity index (χ1) is 9.49. The molecule has 5 heteroatoms. The average Bonchev–Trinajstić information content (AvgIpc) is 3.19. The monoisotopic (exact) mass is 339 g/mol. The van der Waals surface area contributed by atoms with E-state index in [9.17, 15) is 9.59 Å². The van der Waals surface area contributed by atoms with Gasteiger partial charge in [0.1, 0.15) is 6.54 Å². The van der Waals surface area contributed by atoms with Gasteiger partial charge in [-0.05, 0) is 37.0 Å². The van der Waals surface area contributed by atoms with Gasteiger partial charge in [0, 0.05) is 11.0 Å². The Labute approximate surface area is 126 Å². The summed E-state index contributed by atoms with van der Waals surface area (Å²) in [6.07, 6.45) is 2.36. The van der Waals surface area contributed by atoms with Crippen LogP contribution in [0.1, 0.15) is 31.7 Å². The van der Waals surface area contributed by atoms with E-state index < -0.39 is 11.4 Å². The number of aliphatic carboxylic acids is 1. The second-order valence-electron chi connectivity index (χ2n) is 5.21. The predicted octanol–water partition coefficient (Wildman–Crippen LogP) is 2.80. The number of rotatable bonds is 6. The highest BCUT2D eigenvalue weighted by atomic mass is 79.9. The SMILES string of the molecule is CCCN(CC(=O)O)C(=O)C1(c2ccc(Br)cc2)CC1. The predicted molar refractivity (Wildman–Crippen MR) is 79.6 cm³/mol. The standard InChI is InChI=1S/C15H18BrNO3/c1-2-9-17(10-13(18)19)14(20)15(7-8-15)11-3-5-12(16)6-4-11/h3-6H,2,7-10H2,1H3,(H,18,19). The van der Waals surface area contributed by atoms with Crippen LogP contribution in [0.25, 0.3) is 0 Å². The molecule has 0 atom stereocenters. The van der Waals surface area contributed by atoms with Crippen LogP contribution in [-0.4, -0.2) is 35.0 Å². The second-order valence-corrected chi connectivity index (χ2v) is 6.13. The molecule has 0 spiro atoms. The third-order valence-electron chi connectivity index (χ3n) is 3.66. The van der Waals surface area contributed by atoms with E-state index in [1.165, 1.54) is 4.90 Å². The number of hydrogen-bond acceptors (Lipinski definition) is 2. The molecule has 1 aliphatic rings. The molecule has 0 heterocycles. The minimum absolute atomic E-state index is 0.0518. The Bertz CT molecular complexity index is 508. The lowest BCUT2D eigenvalue weighted by Crippen LogP contribution is -2.42. The summed E-state index contributed by atoms with van der Waals surface area (Å²) in [7, 11) is 0. The van der Waals surface area contributed by atoms with E-state index in [0.717, 1.165) is 29.3 Å². The fourth-order valence-corrected chi connectivity index (χ4v) is 2.77. The molecule has 1 N–H and O–H groups in total. The Morgan fingerprint density at radius 3 is 2.35 bits per heavy atom. The van der Waals surface area contributed by atoms with Gasteiger partial charge in [-0.3, -0.25) is 9.59 Å². The molecule has 20 heavy (non-hydrogen) atoms. The summed E-state index contributed by atoms with van der Waals surface area (Å²) in [5.74, 6) is -1.01. The van der Waals surface area contributed by atoms with Crippen LogP contribution in [0.4, 0.5) is 0 Å². The van der Waals surface area contributed by atoms with Crippen molar-refractivity contribution in [3.63, 3.8) is 0 Å². The Morgan fingerprint density at radius 2 is 1.90 bits per heavy atom. The van der Waals surface area contributed by atoms with Gasteiger partial charge >= 0.3 is 5.97 Å². The number of carbonyl (C=O) groups excluding carboxylic acids is 1. The van der Waals surface area contributed by atoms with Gasteiger partial charge in [0.15, 0.2) is 0 Å². The lowest BCUT2D eigenvalue weighted by molar-refractivity contribution is -0.145. The van der Waals surface area contributed by atoms with Crippen LogP contribution in [0.15, 0.2) is 28.7 Å². The Morgan fingerprint density at radius 1 is 1.30 bits per heavy atom. The fourth-order valence-electron chi connectivity index (χ4n) is 2.51. The highest BCUT2D eigenvalue weighted by Crippen LogP contribution is 2.49. The van der Waals surface area contributed by atoms with E-state index in [1.54, 1.807) is 0 Å². The zero-order valence-electron chi connectivity index (χ0n) is 11.4. The first-order valence-corrected chi connectivity index (χ1v) is 7.56. The molecule has 0 aliphatic heterocycles. The van der Waals surface area contributed by atoms with Crippen LogP contribution in [0.2, 0.25) is 0 Å². The number of carboxylic acids is 1. The minimum Gasteiger partial charge on any atom is -0.480 e. The maximum atomic E-state index is 12.7. The fraction of sp³-hybridized carbons (Fsp3) is 0.467. The molecule has 1 fully saturated rings. The smallest absolute Gasteiger partial charge is 0.323 e. The molecule has 0 saturated heterocycles. The molecule has 1 aromatic carbocycles. The lowest BCUT2D eigenvalue weighted by atomic mass is 9.94. The summed E-state index contributed by atoms with van der Waals surface area (Å²) in [6, 6.07) is 7.73. The summed E-state index contributed by atoms with van der Waals surface area (Å²) in [4.78, 5) is 25.1. The zero-order valence-corrected chi connectivity index (χ0v) is 13.0. The Balaban J connectivity index is 2.21. The lowest BCUT2D eigenvalue weighted by Gasteiger charge is -2.26. The van der Waals surface area contributed by atoms with Gasteiger partial charge in [0.05, 0.1) is 5.41 Å². The van der Waals surface area contributed by atoms with Gasteiger partial charge in [-0.15, -0.1) is 0 Å². The number of carbonyl (C=O) groups is 2. The summed E-state index contributed by atoms with van der Waals surface area (Å²) < 4.78 is 0.973. The number of nitrogens with zero attached hydrogens (tertiary/aromatic N) is 1. The highest BCUT2D eigenvalue weighted by molar-refractivity contribution is 9.10. The molecule has 0 bridgehead atoms. The average molecular weight is 340 g/mol. The molecule has 1 saturated carbocycles. The molecule has 0 radical (unpaired) electrons. The Hall–Kier alpha value is -1.36. The maximum absolute atomic E-state index is 12.7. The van der Waals surface area contributed by atoms with Gasteiger partial charge in [-0.2, -0.15) is 0 Å². The molecule has 1 aromatic rings. The van der Waals surface area contributed by atoms with Crippen molar-refractivity contribution in [1.82, 2.24) is 4.90 Å². The zero-order chi connectivity index (χ0) is 14.8. The van der Waals surface area contributed by atoms with Crippen molar-refractivity contribution in [2.75, 3.05) is 13.1 Å². The number of carboxylic acid groups (broad SMARTS) is 1. The number of halogens is 1. The van der Waals surface area contributed by atoms with Gasteiger partial charge in [0.25, 0.3) is 0 Å². The largest absolute Gasteiger partial charge is 0.480 e. The van der Waals surface area contributed by atoms with E-state index in [0.29, 0.717) is 6.54 Å². The van der Waals surface area contributed by atoms with Crippen LogP contribution in [0.3, 0.4) is 0 Å². The number of amides is 1. The van der Waals surface area contributed by atoms with Crippen molar-refractivity contribution in [1.29, 1.82) is 0 Å². The summed E-state index contributed by atoms with van der Waals surface area (Å²) in [6.45, 7) is 2.22. The second kappa shape index (κ2) is 5.95. The van der Waals surface area contributed by atoms with Crippen molar-refractivity contribution in [3.05, 3.63) is 34.3 Å². The molecule has 1 aliphatic carbocycles. The van der Waals surface area contributed by atoms with E-state index in [4.69, 9.17) is 5.11 Å². The summed E-state index contributed by atoms with van der Waals surface area (Å²) in [5, 5.41) is 8.95. The maximum Gasteiger partial charge on any atom is 0.323 e. The van der Waals surface area contributed by atoms with Crippen molar-refractivity contribution in [2.24, 2.45) is 0 Å². The van der Waals surface area contributed by atoms with Gasteiger partial charge < -0.3 is 10.0 Å². The molecule has 1 amide bonds. The van der Waals surface area contributed by atoms with E-state index in [2.05, 4.69) is 15.9 Å². The molecule has 4 nitrogen and oxygen atoms in total. The van der Waals surface area contributed by atoms with Crippen LogP contribution in [-0.2, 0) is 15.0 Å². The van der Waals surface area contributed by atoms with E-state index in [-0.39, 0.29) is 12.5 Å². The molecule has 2 rings (SSSR count). The summed E-state index contributed by atoms with van der Waals surface area (Å²) in [5.41, 5.74) is 0.489. The van der Waals surface area contributed by atoms with Crippen molar-refractivity contribution in [2.45, 2.75) is 31.6 Å². The molecule has 0 unspecified atom stereocenters. The van der Waals surface area contributed by atoms with Crippen LogP contribution < -0.4 is 0 Å². The molecule has 0 aromatic heterocycles. The van der Waals surface area contributed by atoms with Crippen LogP contribution in [0.5, 0.6) is 0 Å². The Kier molecular flexibility index (Phi) is 4.48. The first kappa shape index (κ1) is 15.0. The first-order valence-electron chi connectivity index (χ1n) is 6.77. The summed E-state index contributed by atoms with van der Waals surface area (Å²) >= 11 is 3.38. The normalized spacial score (nSPS) is 15.7. The third-order valence-corrected chi connectivity index (χ3v) is 4.19. The number of hydrogen-bond donors (Lipinski definition) is 1. The molecular formula is C15H18BrNO3. The van der Waals surface area contributed by atoms with Crippen molar-refractivity contribution in [3.8, 4) is 0 Å². The van der Waals surface area contributed by atoms with Crippen LogP contribution in [0, 0.1) is 0 Å². The van der Waals surface area contributed by atoms with E-state index in [1.807, 2.05) is 31.2 Å². The van der Waals surface area contributed by atoms with Crippen molar-refractivity contribution < 1.29 is 14.7 Å². The van der Waals surface area contributed by atoms with Crippen molar-refractivity contribution >= 4 is 27.8 Å². The van der Waals surface area contributed by atoms with E-state index >= 15 is 0 Å². The molecular weight excluding hydrogens is 322 g/mol. The minimum atomic E-state index is -0.960. The third kappa shape index (κ3) is 3.03. The quantitative estimate of drug-likeness (QED) is 0.866. The topological polar surface area (TPSA) is 57.6 Å². The van der Waals surface area contributed by atoms with Crippen LogP contribution >= 0.6 is 15.9 Å². The van der Waals surface area contributed by atoms with Gasteiger partial charge in [-0.25, -0.2) is 0 Å². The number of benzene rings is 1. The van der Waals surface area contributed by atoms with Gasteiger partial charge in [-0.1, -0.05) is 35.0 Å². The van der Waals surface area contributed by atoms with Gasteiger partial charge in [0.2, 0.25) is 5.91 Å². The highest BCUT2D eigenvalue weighted by Gasteiger charge is 2.53.